The van der Waals surface area contributed by atoms with Gasteiger partial charge in [-0.15, -0.1) is 0 Å². The third-order valence-electron chi connectivity index (χ3n) is 6.37. The van der Waals surface area contributed by atoms with Gasteiger partial charge in [0.15, 0.2) is 0 Å². The first-order valence-corrected chi connectivity index (χ1v) is 11.8. The van der Waals surface area contributed by atoms with Gasteiger partial charge in [-0.2, -0.15) is 0 Å². The van der Waals surface area contributed by atoms with E-state index >= 15 is 0 Å². The summed E-state index contributed by atoms with van der Waals surface area (Å²) in [7, 11) is 0. The van der Waals surface area contributed by atoms with Gasteiger partial charge in [-0.25, -0.2) is 4.79 Å². The number of carbonyl (C=O) groups is 2. The fraction of sp³-hybridized carbons (Fsp3) is 0.222. The average molecular weight is 483 g/mol. The standard InChI is InChI=1S/C27H26N6O3/c28-23-7-1-4-17-12-20(8-9-22(17)24(23)25(29)18-5-2-10-30-13-18)33-16-21(36-27(33)35)15-32-26(34)19-6-3-11-31-14-19/h2-3,5-6,8-14,21,29H,1,4,7,15-16,28H2,(H,32,34)/t21-/m0/s1. The van der Waals surface area contributed by atoms with Crippen molar-refractivity contribution in [3.63, 3.8) is 0 Å². The fourth-order valence-corrected chi connectivity index (χ4v) is 4.56. The van der Waals surface area contributed by atoms with E-state index in [0.29, 0.717) is 46.8 Å². The molecule has 1 fully saturated rings. The summed E-state index contributed by atoms with van der Waals surface area (Å²) in [5, 5.41) is 11.6. The molecule has 0 saturated carbocycles. The molecule has 1 aliphatic carbocycles. The maximum absolute atomic E-state index is 12.7. The minimum Gasteiger partial charge on any atom is -0.442 e. The summed E-state index contributed by atoms with van der Waals surface area (Å²) in [6.07, 6.45) is 7.81. The van der Waals surface area contributed by atoms with E-state index in [0.717, 1.165) is 24.0 Å². The van der Waals surface area contributed by atoms with Crippen LogP contribution in [0.4, 0.5) is 10.5 Å². The molecule has 9 nitrogen and oxygen atoms in total. The van der Waals surface area contributed by atoms with Gasteiger partial charge >= 0.3 is 6.09 Å². The van der Waals surface area contributed by atoms with Gasteiger partial charge in [0.1, 0.15) is 6.10 Å². The molecule has 2 amide bonds. The molecule has 182 valence electrons. The first kappa shape index (κ1) is 23.2. The van der Waals surface area contributed by atoms with Crippen LogP contribution in [0.5, 0.6) is 0 Å². The molecule has 0 spiro atoms. The summed E-state index contributed by atoms with van der Waals surface area (Å²) in [6.45, 7) is 0.522. The molecule has 9 heteroatoms. The van der Waals surface area contributed by atoms with Gasteiger partial charge in [-0.1, -0.05) is 6.07 Å². The summed E-state index contributed by atoms with van der Waals surface area (Å²) < 4.78 is 5.50. The highest BCUT2D eigenvalue weighted by Gasteiger charge is 2.33. The number of ether oxygens (including phenoxy) is 1. The van der Waals surface area contributed by atoms with Crippen molar-refractivity contribution < 1.29 is 14.3 Å². The largest absolute Gasteiger partial charge is 0.442 e. The zero-order valence-corrected chi connectivity index (χ0v) is 19.6. The van der Waals surface area contributed by atoms with Crippen molar-refractivity contribution in [1.29, 1.82) is 5.41 Å². The highest BCUT2D eigenvalue weighted by atomic mass is 16.6. The normalized spacial score (nSPS) is 17.3. The summed E-state index contributed by atoms with van der Waals surface area (Å²) in [5.41, 5.74) is 11.9. The molecule has 0 radical (unpaired) electrons. The molecule has 1 atom stereocenters. The van der Waals surface area contributed by atoms with Crippen LogP contribution in [-0.4, -0.2) is 46.9 Å². The molecular formula is C27H26N6O3. The molecule has 3 aromatic rings. The number of nitrogens with zero attached hydrogens (tertiary/aromatic N) is 3. The van der Waals surface area contributed by atoms with Crippen LogP contribution in [0.25, 0.3) is 5.57 Å². The third-order valence-corrected chi connectivity index (χ3v) is 6.37. The van der Waals surface area contributed by atoms with Gasteiger partial charge in [-0.05, 0) is 66.8 Å². The highest BCUT2D eigenvalue weighted by Crippen LogP contribution is 2.34. The average Bonchev–Trinajstić information content (AvgIpc) is 3.20. The molecule has 0 unspecified atom stereocenters. The van der Waals surface area contributed by atoms with E-state index in [4.69, 9.17) is 15.9 Å². The topological polar surface area (TPSA) is 134 Å². The lowest BCUT2D eigenvalue weighted by Gasteiger charge is -2.18. The molecule has 1 aliphatic heterocycles. The number of hydrogen-bond acceptors (Lipinski definition) is 7. The molecule has 4 N–H and O–H groups in total. The predicted octanol–water partition coefficient (Wildman–Crippen LogP) is 3.31. The first-order valence-electron chi connectivity index (χ1n) is 11.8. The quantitative estimate of drug-likeness (QED) is 0.462. The van der Waals surface area contributed by atoms with Crippen molar-refractivity contribution in [2.24, 2.45) is 5.73 Å². The Morgan fingerprint density at radius 2 is 1.86 bits per heavy atom. The second kappa shape index (κ2) is 9.99. The Kier molecular flexibility index (Phi) is 6.44. The number of rotatable bonds is 6. The van der Waals surface area contributed by atoms with E-state index in [2.05, 4.69) is 15.3 Å². The summed E-state index contributed by atoms with van der Waals surface area (Å²) >= 11 is 0. The SMILES string of the molecule is N=C(C1=C(N)CCCc2cc(N3C[C@H](CNC(=O)c4cccnc4)OC3=O)ccc21)c1cccnc1. The van der Waals surface area contributed by atoms with Gasteiger partial charge in [0, 0.05) is 47.3 Å². The Bertz CT molecular complexity index is 1340. The number of aromatic nitrogens is 2. The summed E-state index contributed by atoms with van der Waals surface area (Å²) in [4.78, 5) is 34.6. The fourth-order valence-electron chi connectivity index (χ4n) is 4.56. The van der Waals surface area contributed by atoms with Crippen LogP contribution >= 0.6 is 0 Å². The molecular weight excluding hydrogens is 456 g/mol. The van der Waals surface area contributed by atoms with Gasteiger partial charge in [0.25, 0.3) is 5.91 Å². The number of allylic oxidation sites excluding steroid dienone is 2. The number of nitrogens with two attached hydrogens (primary N) is 1. The van der Waals surface area contributed by atoms with Crippen molar-refractivity contribution in [1.82, 2.24) is 15.3 Å². The maximum Gasteiger partial charge on any atom is 0.414 e. The Balaban J connectivity index is 1.33. The first-order chi connectivity index (χ1) is 17.5. The number of anilines is 1. The second-order valence-electron chi connectivity index (χ2n) is 8.78. The van der Waals surface area contributed by atoms with Crippen molar-refractivity contribution >= 4 is 29.0 Å². The number of aryl methyl sites for hydroxylation is 1. The lowest BCUT2D eigenvalue weighted by Crippen LogP contribution is -2.34. The summed E-state index contributed by atoms with van der Waals surface area (Å²) in [5.74, 6) is -0.268. The molecule has 36 heavy (non-hydrogen) atoms. The van der Waals surface area contributed by atoms with Crippen LogP contribution in [0.2, 0.25) is 0 Å². The zero-order chi connectivity index (χ0) is 25.1. The highest BCUT2D eigenvalue weighted by molar-refractivity contribution is 6.31. The van der Waals surface area contributed by atoms with Crippen molar-refractivity contribution in [2.75, 3.05) is 18.0 Å². The number of amides is 2. The number of nitrogens with one attached hydrogen (secondary N) is 2. The molecule has 2 aromatic heterocycles. The van der Waals surface area contributed by atoms with Crippen molar-refractivity contribution in [3.05, 3.63) is 95.2 Å². The van der Waals surface area contributed by atoms with E-state index < -0.39 is 12.2 Å². The molecule has 1 saturated heterocycles. The Labute approximate surface area is 208 Å². The number of benzene rings is 1. The van der Waals surface area contributed by atoms with Gasteiger partial charge in [0.05, 0.1) is 24.4 Å². The third kappa shape index (κ3) is 4.68. The lowest BCUT2D eigenvalue weighted by atomic mass is 9.91. The van der Waals surface area contributed by atoms with Crippen LogP contribution in [0.3, 0.4) is 0 Å². The number of carbonyl (C=O) groups excluding carboxylic acids is 2. The minimum atomic E-state index is -0.471. The lowest BCUT2D eigenvalue weighted by molar-refractivity contribution is 0.0915. The predicted molar refractivity (Wildman–Crippen MR) is 136 cm³/mol. The number of fused-ring (bicyclic) bond motifs is 1. The second-order valence-corrected chi connectivity index (χ2v) is 8.78. The molecule has 5 rings (SSSR count). The van der Waals surface area contributed by atoms with E-state index in [-0.39, 0.29) is 12.5 Å². The number of pyridine rings is 2. The molecule has 0 bridgehead atoms. The van der Waals surface area contributed by atoms with Crippen LogP contribution in [-0.2, 0) is 11.2 Å². The Hall–Kier alpha value is -4.53. The van der Waals surface area contributed by atoms with E-state index in [1.165, 1.54) is 6.20 Å². The molecule has 3 heterocycles. The van der Waals surface area contributed by atoms with E-state index in [1.807, 2.05) is 24.3 Å². The number of cyclic esters (lactones) is 1. The van der Waals surface area contributed by atoms with Crippen LogP contribution < -0.4 is 16.0 Å². The molecule has 2 aliphatic rings. The molecule has 1 aromatic carbocycles. The van der Waals surface area contributed by atoms with Gasteiger partial charge in [-0.3, -0.25) is 25.1 Å². The van der Waals surface area contributed by atoms with E-state index in [1.54, 1.807) is 41.7 Å². The number of hydrogen-bond donors (Lipinski definition) is 3. The smallest absolute Gasteiger partial charge is 0.414 e. The van der Waals surface area contributed by atoms with Gasteiger partial charge in [0.2, 0.25) is 0 Å². The Morgan fingerprint density at radius 1 is 1.11 bits per heavy atom. The van der Waals surface area contributed by atoms with E-state index in [9.17, 15) is 9.59 Å². The summed E-state index contributed by atoms with van der Waals surface area (Å²) in [6, 6.07) is 12.8. The minimum absolute atomic E-state index is 0.201. The van der Waals surface area contributed by atoms with Crippen LogP contribution in [0.15, 0.2) is 72.9 Å². The van der Waals surface area contributed by atoms with Crippen LogP contribution in [0, 0.1) is 5.41 Å². The zero-order valence-electron chi connectivity index (χ0n) is 19.6. The Morgan fingerprint density at radius 3 is 2.58 bits per heavy atom. The van der Waals surface area contributed by atoms with Crippen molar-refractivity contribution in [2.45, 2.75) is 25.4 Å². The van der Waals surface area contributed by atoms with Gasteiger partial charge < -0.3 is 15.8 Å². The van der Waals surface area contributed by atoms with Crippen molar-refractivity contribution in [3.8, 4) is 0 Å². The van der Waals surface area contributed by atoms with Crippen LogP contribution in [0.1, 0.15) is 39.9 Å². The maximum atomic E-state index is 12.7. The monoisotopic (exact) mass is 482 g/mol.